The molecule has 3 heterocycles. The molecule has 9 aromatic carbocycles. The highest BCUT2D eigenvalue weighted by atomic mass is 16.3. The molecular weight excluding hydrogens is 807 g/mol. The van der Waals surface area contributed by atoms with Gasteiger partial charge in [0.05, 0.1) is 0 Å². The molecule has 1 aliphatic rings. The molecule has 5 nitrogen and oxygen atoms in total. The molecule has 0 saturated heterocycles. The fourth-order valence-corrected chi connectivity index (χ4v) is 9.95. The van der Waals surface area contributed by atoms with E-state index in [2.05, 4.69) is 182 Å². The van der Waals surface area contributed by atoms with Gasteiger partial charge in [-0.3, -0.25) is 0 Å². The fourth-order valence-electron chi connectivity index (χ4n) is 9.95. The largest absolute Gasteiger partial charge is 0.456 e. The van der Waals surface area contributed by atoms with Crippen LogP contribution in [0.1, 0.15) is 24.2 Å². The molecule has 310 valence electrons. The van der Waals surface area contributed by atoms with Crippen molar-refractivity contribution in [1.82, 2.24) is 15.0 Å². The fraction of sp³-hybridized carbons (Fsp3) is 0.0328. The Kier molecular flexibility index (Phi) is 8.91. The molecule has 5 heteroatoms. The van der Waals surface area contributed by atoms with Crippen LogP contribution in [0.15, 0.2) is 221 Å². The molecule has 1 aliphatic carbocycles. The zero-order valence-electron chi connectivity index (χ0n) is 35.8. The SMILES string of the molecule is c1ccc(-c2ccc(-c3nc(C4=c5ccccc5=C(c5cccc6oc7cc(-c8cccc9oc%10ccccc%10c89)ccc7c56)CC4)nc(-c4ccc(-c5ccccc5)cc4)n3)cc2)cc1. The molecule has 0 spiro atoms. The van der Waals surface area contributed by atoms with Crippen molar-refractivity contribution in [3.8, 4) is 56.2 Å². The van der Waals surface area contributed by atoms with Crippen LogP contribution in [0.25, 0.3) is 111 Å². The molecule has 12 aromatic rings. The second-order valence-corrected chi connectivity index (χ2v) is 17.0. The van der Waals surface area contributed by atoms with Gasteiger partial charge < -0.3 is 8.83 Å². The molecule has 0 amide bonds. The Morgan fingerprint density at radius 3 is 1.38 bits per heavy atom. The third kappa shape index (κ3) is 6.43. The van der Waals surface area contributed by atoms with E-state index in [4.69, 9.17) is 23.8 Å². The summed E-state index contributed by atoms with van der Waals surface area (Å²) in [5.41, 5.74) is 15.8. The van der Waals surface area contributed by atoms with Gasteiger partial charge in [0.2, 0.25) is 0 Å². The molecule has 0 atom stereocenters. The minimum absolute atomic E-state index is 0.646. The lowest BCUT2D eigenvalue weighted by Crippen LogP contribution is -2.33. The third-order valence-electron chi connectivity index (χ3n) is 13.1. The summed E-state index contributed by atoms with van der Waals surface area (Å²) in [5.74, 6) is 1.99. The molecule has 3 aromatic heterocycles. The molecule has 0 N–H and O–H groups in total. The van der Waals surface area contributed by atoms with E-state index >= 15 is 0 Å². The summed E-state index contributed by atoms with van der Waals surface area (Å²) in [4.78, 5) is 15.7. The summed E-state index contributed by atoms with van der Waals surface area (Å²) in [6, 6.07) is 74.3. The number of furan rings is 2. The van der Waals surface area contributed by atoms with E-state index in [1.165, 1.54) is 27.5 Å². The third-order valence-corrected chi connectivity index (χ3v) is 13.1. The molecular formula is C61H39N3O2. The summed E-state index contributed by atoms with van der Waals surface area (Å²) in [7, 11) is 0. The van der Waals surface area contributed by atoms with Gasteiger partial charge in [-0.25, -0.2) is 15.0 Å². The number of hydrogen-bond donors (Lipinski definition) is 0. The van der Waals surface area contributed by atoms with Crippen molar-refractivity contribution >= 4 is 55.0 Å². The molecule has 0 saturated carbocycles. The van der Waals surface area contributed by atoms with Crippen molar-refractivity contribution in [1.29, 1.82) is 0 Å². The number of aromatic nitrogens is 3. The standard InChI is InChI=1S/C61H39N3O2/c1-3-13-38(14-4-1)40-25-29-42(30-26-40)59-62-60(43-31-27-41(28-32-43)39-15-5-2-6-16-39)64-61(63-59)50-36-35-48(46-17-7-8-18-47(46)50)49-21-12-24-55-58(49)52-34-33-44(37-56(52)66-55)45-20-11-23-54-57(45)51-19-9-10-22-53(51)65-54/h1-34,37H,35-36H2. The Hall–Kier alpha value is -8.67. The first-order valence-corrected chi connectivity index (χ1v) is 22.5. The number of hydrogen-bond acceptors (Lipinski definition) is 5. The number of fused-ring (bicyclic) bond motifs is 7. The zero-order valence-corrected chi connectivity index (χ0v) is 35.8. The van der Waals surface area contributed by atoms with Crippen LogP contribution in [0.3, 0.4) is 0 Å². The second kappa shape index (κ2) is 15.5. The summed E-state index contributed by atoms with van der Waals surface area (Å²) < 4.78 is 13.0. The van der Waals surface area contributed by atoms with Crippen molar-refractivity contribution in [2.75, 3.05) is 0 Å². The van der Waals surface area contributed by atoms with Crippen LogP contribution in [-0.2, 0) is 0 Å². The van der Waals surface area contributed by atoms with Gasteiger partial charge in [0, 0.05) is 38.2 Å². The average molecular weight is 846 g/mol. The highest BCUT2D eigenvalue weighted by Gasteiger charge is 2.22. The average Bonchev–Trinajstić information content (AvgIpc) is 3.97. The van der Waals surface area contributed by atoms with Crippen molar-refractivity contribution in [3.63, 3.8) is 0 Å². The van der Waals surface area contributed by atoms with E-state index in [-0.39, 0.29) is 0 Å². The van der Waals surface area contributed by atoms with E-state index in [1.54, 1.807) is 0 Å². The van der Waals surface area contributed by atoms with E-state index in [9.17, 15) is 0 Å². The van der Waals surface area contributed by atoms with Crippen LogP contribution in [0, 0.1) is 0 Å². The van der Waals surface area contributed by atoms with Crippen LogP contribution in [0.5, 0.6) is 0 Å². The Bertz CT molecular complexity index is 3860. The zero-order chi connectivity index (χ0) is 43.6. The van der Waals surface area contributed by atoms with Crippen LogP contribution in [-0.4, -0.2) is 15.0 Å². The molecule has 66 heavy (non-hydrogen) atoms. The lowest BCUT2D eigenvalue weighted by atomic mass is 9.87. The van der Waals surface area contributed by atoms with E-state index < -0.39 is 0 Å². The van der Waals surface area contributed by atoms with Crippen molar-refractivity contribution in [2.24, 2.45) is 0 Å². The first-order chi connectivity index (χ1) is 32.7. The Morgan fingerprint density at radius 2 is 0.727 bits per heavy atom. The maximum atomic E-state index is 6.71. The second-order valence-electron chi connectivity index (χ2n) is 17.0. The minimum Gasteiger partial charge on any atom is -0.456 e. The van der Waals surface area contributed by atoms with E-state index in [1.807, 2.05) is 30.3 Å². The number of benzene rings is 9. The first kappa shape index (κ1) is 37.8. The normalized spacial score (nSPS) is 12.7. The van der Waals surface area contributed by atoms with Crippen molar-refractivity contribution in [2.45, 2.75) is 12.8 Å². The van der Waals surface area contributed by atoms with Crippen LogP contribution in [0.4, 0.5) is 0 Å². The van der Waals surface area contributed by atoms with Crippen LogP contribution < -0.4 is 10.4 Å². The summed E-state index contributed by atoms with van der Waals surface area (Å²) in [6.07, 6.45) is 1.56. The molecule has 0 fully saturated rings. The lowest BCUT2D eigenvalue weighted by Gasteiger charge is -2.18. The van der Waals surface area contributed by atoms with Gasteiger partial charge in [-0.15, -0.1) is 0 Å². The highest BCUT2D eigenvalue weighted by molar-refractivity contribution is 6.15. The van der Waals surface area contributed by atoms with E-state index in [0.717, 1.165) is 101 Å². The van der Waals surface area contributed by atoms with Gasteiger partial charge in [-0.2, -0.15) is 0 Å². The van der Waals surface area contributed by atoms with E-state index in [0.29, 0.717) is 17.5 Å². The molecule has 0 unspecified atom stereocenters. The van der Waals surface area contributed by atoms with Crippen molar-refractivity contribution in [3.05, 3.63) is 234 Å². The summed E-state index contributed by atoms with van der Waals surface area (Å²) in [6.45, 7) is 0. The topological polar surface area (TPSA) is 65.0 Å². The Balaban J connectivity index is 0.956. The predicted molar refractivity (Wildman–Crippen MR) is 268 cm³/mol. The molecule has 13 rings (SSSR count). The summed E-state index contributed by atoms with van der Waals surface area (Å²) in [5, 5.41) is 6.76. The van der Waals surface area contributed by atoms with Gasteiger partial charge >= 0.3 is 0 Å². The molecule has 0 aliphatic heterocycles. The van der Waals surface area contributed by atoms with Gasteiger partial charge in [-0.1, -0.05) is 182 Å². The molecule has 0 radical (unpaired) electrons. The van der Waals surface area contributed by atoms with Gasteiger partial charge in [0.1, 0.15) is 22.3 Å². The molecule has 0 bridgehead atoms. The lowest BCUT2D eigenvalue weighted by molar-refractivity contribution is 0.668. The monoisotopic (exact) mass is 845 g/mol. The van der Waals surface area contributed by atoms with Crippen LogP contribution >= 0.6 is 0 Å². The number of para-hydroxylation sites is 1. The Morgan fingerprint density at radius 1 is 0.288 bits per heavy atom. The summed E-state index contributed by atoms with van der Waals surface area (Å²) >= 11 is 0. The number of rotatable bonds is 7. The maximum absolute atomic E-state index is 6.71. The van der Waals surface area contributed by atoms with Gasteiger partial charge in [0.25, 0.3) is 0 Å². The quantitative estimate of drug-likeness (QED) is 0.160. The van der Waals surface area contributed by atoms with Crippen LogP contribution in [0.2, 0.25) is 0 Å². The maximum Gasteiger partial charge on any atom is 0.164 e. The van der Waals surface area contributed by atoms with Gasteiger partial charge in [0.15, 0.2) is 17.5 Å². The van der Waals surface area contributed by atoms with Crippen molar-refractivity contribution < 1.29 is 8.83 Å². The van der Waals surface area contributed by atoms with Gasteiger partial charge in [-0.05, 0) is 98.1 Å². The highest BCUT2D eigenvalue weighted by Crippen LogP contribution is 2.41. The number of nitrogens with zero attached hydrogens (tertiary/aromatic N) is 3. The smallest absolute Gasteiger partial charge is 0.164 e. The Labute approximate surface area is 380 Å². The predicted octanol–water partition coefficient (Wildman–Crippen LogP) is 14.2. The first-order valence-electron chi connectivity index (χ1n) is 22.5. The minimum atomic E-state index is 0.646.